The summed E-state index contributed by atoms with van der Waals surface area (Å²) in [5, 5.41) is 6.93. The monoisotopic (exact) mass is 302 g/mol. The quantitative estimate of drug-likeness (QED) is 0.790. The van der Waals surface area contributed by atoms with E-state index in [4.69, 9.17) is 0 Å². The first-order valence-electron chi connectivity index (χ1n) is 6.00. The molecular formula is C12H19BrN2S. The van der Waals surface area contributed by atoms with E-state index in [0.29, 0.717) is 0 Å². The molecule has 1 atom stereocenters. The van der Waals surface area contributed by atoms with Gasteiger partial charge in [-0.3, -0.25) is 0 Å². The molecule has 2 heterocycles. The van der Waals surface area contributed by atoms with E-state index in [1.54, 1.807) is 0 Å². The Labute approximate surface area is 110 Å². The third-order valence-corrected chi connectivity index (χ3v) is 4.68. The van der Waals surface area contributed by atoms with Crippen molar-refractivity contribution in [3.05, 3.63) is 20.8 Å². The summed E-state index contributed by atoms with van der Waals surface area (Å²) in [7, 11) is 0. The van der Waals surface area contributed by atoms with Gasteiger partial charge in [-0.2, -0.15) is 0 Å². The minimum Gasteiger partial charge on any atom is -0.316 e. The van der Waals surface area contributed by atoms with Crippen molar-refractivity contribution >= 4 is 27.3 Å². The summed E-state index contributed by atoms with van der Waals surface area (Å²) in [5.41, 5.74) is 0. The molecule has 0 aliphatic carbocycles. The first-order valence-corrected chi connectivity index (χ1v) is 7.61. The van der Waals surface area contributed by atoms with Gasteiger partial charge < -0.3 is 10.6 Å². The second kappa shape index (κ2) is 6.74. The third kappa shape index (κ3) is 4.17. The molecule has 1 fully saturated rings. The van der Waals surface area contributed by atoms with Crippen molar-refractivity contribution in [3.8, 4) is 0 Å². The largest absolute Gasteiger partial charge is 0.316 e. The van der Waals surface area contributed by atoms with Crippen molar-refractivity contribution in [3.63, 3.8) is 0 Å². The Hall–Kier alpha value is 0.1000. The van der Waals surface area contributed by atoms with Crippen molar-refractivity contribution in [2.45, 2.75) is 25.8 Å². The topological polar surface area (TPSA) is 24.1 Å². The van der Waals surface area contributed by atoms with E-state index in [-0.39, 0.29) is 0 Å². The zero-order chi connectivity index (χ0) is 11.2. The van der Waals surface area contributed by atoms with E-state index in [9.17, 15) is 0 Å². The fraction of sp³-hybridized carbons (Fsp3) is 0.667. The van der Waals surface area contributed by atoms with Crippen molar-refractivity contribution in [2.75, 3.05) is 19.6 Å². The lowest BCUT2D eigenvalue weighted by atomic mass is 10.0. The van der Waals surface area contributed by atoms with Crippen LogP contribution in [0, 0.1) is 5.92 Å². The number of hydrogen-bond donors (Lipinski definition) is 2. The maximum absolute atomic E-state index is 3.51. The third-order valence-electron chi connectivity index (χ3n) is 3.06. The van der Waals surface area contributed by atoms with Crippen LogP contribution in [0.25, 0.3) is 0 Å². The van der Waals surface area contributed by atoms with Crippen molar-refractivity contribution in [2.24, 2.45) is 5.92 Å². The molecule has 4 heteroatoms. The lowest BCUT2D eigenvalue weighted by Gasteiger charge is -2.08. The van der Waals surface area contributed by atoms with Crippen LogP contribution in [0.3, 0.4) is 0 Å². The van der Waals surface area contributed by atoms with Gasteiger partial charge in [0.15, 0.2) is 0 Å². The zero-order valence-electron chi connectivity index (χ0n) is 9.47. The molecule has 1 aromatic heterocycles. The molecule has 2 N–H and O–H groups in total. The van der Waals surface area contributed by atoms with Gasteiger partial charge in [-0.25, -0.2) is 0 Å². The Morgan fingerprint density at radius 3 is 3.12 bits per heavy atom. The van der Waals surface area contributed by atoms with Crippen LogP contribution in [-0.2, 0) is 6.54 Å². The molecule has 0 aromatic carbocycles. The Morgan fingerprint density at radius 2 is 2.44 bits per heavy atom. The zero-order valence-corrected chi connectivity index (χ0v) is 11.9. The fourth-order valence-electron chi connectivity index (χ4n) is 2.13. The van der Waals surface area contributed by atoms with Crippen LogP contribution < -0.4 is 10.6 Å². The Morgan fingerprint density at radius 1 is 1.50 bits per heavy atom. The van der Waals surface area contributed by atoms with Gasteiger partial charge in [0.1, 0.15) is 0 Å². The SMILES string of the molecule is Brc1ccc(CNCCCC2CCNC2)s1. The van der Waals surface area contributed by atoms with Gasteiger partial charge in [0.25, 0.3) is 0 Å². The second-order valence-electron chi connectivity index (χ2n) is 4.38. The maximum atomic E-state index is 3.51. The summed E-state index contributed by atoms with van der Waals surface area (Å²) in [4.78, 5) is 1.41. The minimum absolute atomic E-state index is 0.928. The number of nitrogens with one attached hydrogen (secondary N) is 2. The molecule has 1 unspecified atom stereocenters. The smallest absolute Gasteiger partial charge is 0.0701 e. The number of thiophene rings is 1. The maximum Gasteiger partial charge on any atom is 0.0701 e. The molecular weight excluding hydrogens is 284 g/mol. The van der Waals surface area contributed by atoms with Crippen LogP contribution in [0.1, 0.15) is 24.1 Å². The molecule has 0 bridgehead atoms. The van der Waals surface area contributed by atoms with E-state index in [1.165, 1.54) is 41.0 Å². The van der Waals surface area contributed by atoms with Gasteiger partial charge in [-0.1, -0.05) is 0 Å². The average Bonchev–Trinajstić information content (AvgIpc) is 2.89. The number of halogens is 1. The normalized spacial score (nSPS) is 20.4. The lowest BCUT2D eigenvalue weighted by Crippen LogP contribution is -2.16. The van der Waals surface area contributed by atoms with Crippen molar-refractivity contribution in [1.82, 2.24) is 10.6 Å². The standard InChI is InChI=1S/C12H19BrN2S/c13-12-4-3-11(16-12)9-14-6-1-2-10-5-7-15-8-10/h3-4,10,14-15H,1-2,5-9H2. The molecule has 1 aromatic rings. The summed E-state index contributed by atoms with van der Waals surface area (Å²) >= 11 is 5.30. The molecule has 2 nitrogen and oxygen atoms in total. The summed E-state index contributed by atoms with van der Waals surface area (Å²) in [5.74, 6) is 0.928. The van der Waals surface area contributed by atoms with Crippen LogP contribution in [0.15, 0.2) is 15.9 Å². The second-order valence-corrected chi connectivity index (χ2v) is 6.93. The molecule has 1 saturated heterocycles. The van der Waals surface area contributed by atoms with Crippen LogP contribution in [-0.4, -0.2) is 19.6 Å². The molecule has 0 spiro atoms. The molecule has 0 radical (unpaired) electrons. The van der Waals surface area contributed by atoms with Crippen LogP contribution in [0.4, 0.5) is 0 Å². The minimum atomic E-state index is 0.928. The van der Waals surface area contributed by atoms with E-state index < -0.39 is 0 Å². The Bertz CT molecular complexity index is 308. The van der Waals surface area contributed by atoms with E-state index in [0.717, 1.165) is 19.0 Å². The van der Waals surface area contributed by atoms with Crippen LogP contribution in [0.2, 0.25) is 0 Å². The van der Waals surface area contributed by atoms with Gasteiger partial charge in [0.2, 0.25) is 0 Å². The molecule has 1 aliphatic rings. The van der Waals surface area contributed by atoms with Crippen LogP contribution in [0.5, 0.6) is 0 Å². The van der Waals surface area contributed by atoms with Gasteiger partial charge >= 0.3 is 0 Å². The molecule has 90 valence electrons. The van der Waals surface area contributed by atoms with E-state index in [1.807, 2.05) is 11.3 Å². The summed E-state index contributed by atoms with van der Waals surface area (Å²) in [6.07, 6.45) is 4.05. The molecule has 0 amide bonds. The van der Waals surface area contributed by atoms with Gasteiger partial charge in [-0.15, -0.1) is 11.3 Å². The number of hydrogen-bond acceptors (Lipinski definition) is 3. The number of rotatable bonds is 6. The predicted molar refractivity (Wildman–Crippen MR) is 73.9 cm³/mol. The van der Waals surface area contributed by atoms with Crippen molar-refractivity contribution < 1.29 is 0 Å². The van der Waals surface area contributed by atoms with Gasteiger partial charge in [-0.05, 0) is 72.9 Å². The highest BCUT2D eigenvalue weighted by Crippen LogP contribution is 2.21. The van der Waals surface area contributed by atoms with Gasteiger partial charge in [0.05, 0.1) is 3.79 Å². The van der Waals surface area contributed by atoms with E-state index >= 15 is 0 Å². The predicted octanol–water partition coefficient (Wildman–Crippen LogP) is 2.99. The summed E-state index contributed by atoms with van der Waals surface area (Å²) in [6, 6.07) is 4.30. The van der Waals surface area contributed by atoms with Gasteiger partial charge in [0, 0.05) is 11.4 Å². The molecule has 16 heavy (non-hydrogen) atoms. The lowest BCUT2D eigenvalue weighted by molar-refractivity contribution is 0.493. The highest BCUT2D eigenvalue weighted by atomic mass is 79.9. The Balaban J connectivity index is 1.51. The van der Waals surface area contributed by atoms with Crippen LogP contribution >= 0.6 is 27.3 Å². The summed E-state index contributed by atoms with van der Waals surface area (Å²) < 4.78 is 1.22. The average molecular weight is 303 g/mol. The molecule has 1 aliphatic heterocycles. The molecule has 0 saturated carbocycles. The fourth-order valence-corrected chi connectivity index (χ4v) is 3.59. The summed E-state index contributed by atoms with van der Waals surface area (Å²) in [6.45, 7) is 4.62. The first-order chi connectivity index (χ1) is 7.84. The van der Waals surface area contributed by atoms with E-state index in [2.05, 4.69) is 38.7 Å². The van der Waals surface area contributed by atoms with Crippen molar-refractivity contribution in [1.29, 1.82) is 0 Å². The molecule has 2 rings (SSSR count). The highest BCUT2D eigenvalue weighted by Gasteiger charge is 2.12. The Kier molecular flexibility index (Phi) is 5.29. The highest BCUT2D eigenvalue weighted by molar-refractivity contribution is 9.11. The first kappa shape index (κ1) is 12.6.